The molecular formula is C27H38N4O4. The van der Waals surface area contributed by atoms with Gasteiger partial charge in [0.15, 0.2) is 0 Å². The summed E-state index contributed by atoms with van der Waals surface area (Å²) in [6.07, 6.45) is 5.69. The van der Waals surface area contributed by atoms with E-state index in [1.165, 1.54) is 25.7 Å². The van der Waals surface area contributed by atoms with Gasteiger partial charge in [0.2, 0.25) is 5.91 Å². The van der Waals surface area contributed by atoms with Crippen LogP contribution in [0, 0.1) is 11.3 Å². The van der Waals surface area contributed by atoms with Gasteiger partial charge in [-0.25, -0.2) is 4.79 Å². The van der Waals surface area contributed by atoms with Crippen LogP contribution in [0.5, 0.6) is 5.75 Å². The Balaban J connectivity index is 1.45. The summed E-state index contributed by atoms with van der Waals surface area (Å²) in [5, 5.41) is 9.02. The molecule has 3 aliphatic rings. The van der Waals surface area contributed by atoms with E-state index in [1.54, 1.807) is 29.2 Å². The van der Waals surface area contributed by atoms with Gasteiger partial charge in [-0.1, -0.05) is 12.8 Å². The van der Waals surface area contributed by atoms with Crippen LogP contribution in [-0.2, 0) is 9.53 Å². The van der Waals surface area contributed by atoms with E-state index < -0.39 is 17.7 Å². The predicted molar refractivity (Wildman–Crippen MR) is 132 cm³/mol. The molecule has 1 saturated carbocycles. The smallest absolute Gasteiger partial charge is 0.411 e. The maximum absolute atomic E-state index is 13.7. The zero-order chi connectivity index (χ0) is 25.0. The molecule has 1 aromatic carbocycles. The van der Waals surface area contributed by atoms with Gasteiger partial charge in [-0.3, -0.25) is 14.6 Å². The van der Waals surface area contributed by atoms with Gasteiger partial charge in [-0.05, 0) is 64.3 Å². The molecule has 0 radical (unpaired) electrons. The second-order valence-corrected chi connectivity index (χ2v) is 10.9. The van der Waals surface area contributed by atoms with Gasteiger partial charge in [0, 0.05) is 38.6 Å². The quantitative estimate of drug-likeness (QED) is 0.649. The molecule has 0 N–H and O–H groups in total. The highest BCUT2D eigenvalue weighted by Gasteiger charge is 2.44. The Morgan fingerprint density at radius 1 is 1.00 bits per heavy atom. The lowest BCUT2D eigenvalue weighted by Crippen LogP contribution is -2.50. The molecule has 1 aromatic rings. The predicted octanol–water partition coefficient (Wildman–Crippen LogP) is 3.79. The van der Waals surface area contributed by atoms with Crippen molar-refractivity contribution in [1.82, 2.24) is 14.7 Å². The topological polar surface area (TPSA) is 86.1 Å². The lowest BCUT2D eigenvalue weighted by molar-refractivity contribution is -0.135. The van der Waals surface area contributed by atoms with E-state index in [4.69, 9.17) is 14.7 Å². The number of amides is 2. The average Bonchev–Trinajstić information content (AvgIpc) is 3.43. The molecule has 8 heteroatoms. The minimum Gasteiger partial charge on any atom is -0.488 e. The van der Waals surface area contributed by atoms with Gasteiger partial charge < -0.3 is 14.4 Å². The van der Waals surface area contributed by atoms with Crippen LogP contribution < -0.4 is 4.74 Å². The minimum absolute atomic E-state index is 0.0185. The lowest BCUT2D eigenvalue weighted by Gasteiger charge is -2.31. The van der Waals surface area contributed by atoms with Crippen LogP contribution in [0.15, 0.2) is 24.3 Å². The molecule has 2 aliphatic heterocycles. The summed E-state index contributed by atoms with van der Waals surface area (Å²) in [7, 11) is 0. The van der Waals surface area contributed by atoms with E-state index in [1.807, 2.05) is 25.7 Å². The Hall–Kier alpha value is -2.79. The van der Waals surface area contributed by atoms with E-state index in [-0.39, 0.29) is 18.6 Å². The van der Waals surface area contributed by atoms with Crippen LogP contribution in [0.1, 0.15) is 64.9 Å². The maximum Gasteiger partial charge on any atom is 0.411 e. The molecule has 0 aromatic heterocycles. The van der Waals surface area contributed by atoms with Gasteiger partial charge in [0.25, 0.3) is 0 Å². The minimum atomic E-state index is -0.652. The van der Waals surface area contributed by atoms with Gasteiger partial charge in [-0.2, -0.15) is 5.26 Å². The van der Waals surface area contributed by atoms with Crippen LogP contribution in [-0.4, -0.2) is 83.2 Å². The first-order chi connectivity index (χ1) is 16.7. The van der Waals surface area contributed by atoms with Crippen LogP contribution >= 0.6 is 0 Å². The highest BCUT2D eigenvalue weighted by molar-refractivity contribution is 5.86. The fraction of sp³-hybridized carbons (Fsp3) is 0.667. The van der Waals surface area contributed by atoms with Crippen molar-refractivity contribution >= 4 is 12.0 Å². The van der Waals surface area contributed by atoms with Gasteiger partial charge >= 0.3 is 6.09 Å². The van der Waals surface area contributed by atoms with Gasteiger partial charge in [0.1, 0.15) is 23.5 Å². The number of hydrogen-bond donors (Lipinski definition) is 0. The van der Waals surface area contributed by atoms with Gasteiger partial charge in [0.05, 0.1) is 18.2 Å². The molecule has 35 heavy (non-hydrogen) atoms. The van der Waals surface area contributed by atoms with Crippen LogP contribution in [0.4, 0.5) is 4.79 Å². The zero-order valence-electron chi connectivity index (χ0n) is 21.2. The SMILES string of the molecule is CC(C)(C)OC(=O)N1C[C@@H](Oc2ccc(C#N)cc2)C[C@@H]1C(=O)N1CCCN(C2CCCC2)CC1. The Morgan fingerprint density at radius 3 is 2.37 bits per heavy atom. The molecule has 2 heterocycles. The molecule has 2 atom stereocenters. The summed E-state index contributed by atoms with van der Waals surface area (Å²) >= 11 is 0. The van der Waals surface area contributed by atoms with Crippen molar-refractivity contribution in [1.29, 1.82) is 5.26 Å². The van der Waals surface area contributed by atoms with E-state index in [0.717, 1.165) is 19.5 Å². The van der Waals surface area contributed by atoms with Crippen LogP contribution in [0.3, 0.4) is 0 Å². The number of nitrogens with zero attached hydrogens (tertiary/aromatic N) is 4. The fourth-order valence-electron chi connectivity index (χ4n) is 5.44. The van der Waals surface area contributed by atoms with E-state index in [2.05, 4.69) is 11.0 Å². The number of carbonyl (C=O) groups excluding carboxylic acids is 2. The standard InChI is InChI=1S/C27H38N4O4/c1-27(2,3)35-26(33)31-19-23(34-22-11-9-20(18-28)10-12-22)17-24(31)25(32)30-14-6-13-29(15-16-30)21-7-4-5-8-21/h9-12,21,23-24H,4-8,13-17,19H2,1-3H3/t23-,24+/m0/s1. The number of carbonyl (C=O) groups is 2. The summed E-state index contributed by atoms with van der Waals surface area (Å²) in [6.45, 7) is 9.09. The van der Waals surface area contributed by atoms with Crippen molar-refractivity contribution in [2.75, 3.05) is 32.7 Å². The third-order valence-electron chi connectivity index (χ3n) is 7.15. The fourth-order valence-corrected chi connectivity index (χ4v) is 5.44. The first kappa shape index (κ1) is 25.3. The maximum atomic E-state index is 13.7. The molecule has 1 aliphatic carbocycles. The van der Waals surface area contributed by atoms with E-state index in [0.29, 0.717) is 36.9 Å². The van der Waals surface area contributed by atoms with Crippen molar-refractivity contribution < 1.29 is 19.1 Å². The Morgan fingerprint density at radius 2 is 1.71 bits per heavy atom. The van der Waals surface area contributed by atoms with Crippen molar-refractivity contribution in [3.05, 3.63) is 29.8 Å². The molecular weight excluding hydrogens is 444 g/mol. The molecule has 4 rings (SSSR count). The number of hydrogen-bond acceptors (Lipinski definition) is 6. The first-order valence-electron chi connectivity index (χ1n) is 12.9. The normalized spacial score (nSPS) is 24.2. The molecule has 0 spiro atoms. The number of ether oxygens (including phenoxy) is 2. The third-order valence-corrected chi connectivity index (χ3v) is 7.15. The summed E-state index contributed by atoms with van der Waals surface area (Å²) in [5.41, 5.74) is -0.0961. The monoisotopic (exact) mass is 482 g/mol. The second-order valence-electron chi connectivity index (χ2n) is 10.9. The molecule has 2 saturated heterocycles. The molecule has 3 fully saturated rings. The number of rotatable bonds is 4. The van der Waals surface area contributed by atoms with Crippen molar-refractivity contribution in [2.24, 2.45) is 0 Å². The zero-order valence-corrected chi connectivity index (χ0v) is 21.2. The first-order valence-corrected chi connectivity index (χ1v) is 12.9. The largest absolute Gasteiger partial charge is 0.488 e. The summed E-state index contributed by atoms with van der Waals surface area (Å²) in [6, 6.07) is 9.04. The highest BCUT2D eigenvalue weighted by Crippen LogP contribution is 2.28. The van der Waals surface area contributed by atoms with Crippen molar-refractivity contribution in [2.45, 2.75) is 83.1 Å². The average molecular weight is 483 g/mol. The van der Waals surface area contributed by atoms with E-state index in [9.17, 15) is 9.59 Å². The molecule has 0 bridgehead atoms. The third kappa shape index (κ3) is 6.46. The highest BCUT2D eigenvalue weighted by atomic mass is 16.6. The number of benzene rings is 1. The molecule has 0 unspecified atom stereocenters. The van der Waals surface area contributed by atoms with Gasteiger partial charge in [-0.15, -0.1) is 0 Å². The Bertz CT molecular complexity index is 930. The molecule has 8 nitrogen and oxygen atoms in total. The van der Waals surface area contributed by atoms with Crippen LogP contribution in [0.2, 0.25) is 0 Å². The Labute approximate surface area is 208 Å². The lowest BCUT2D eigenvalue weighted by atomic mass is 10.1. The molecule has 2 amide bonds. The van der Waals surface area contributed by atoms with E-state index >= 15 is 0 Å². The van der Waals surface area contributed by atoms with Crippen molar-refractivity contribution in [3.8, 4) is 11.8 Å². The summed E-state index contributed by atoms with van der Waals surface area (Å²) < 4.78 is 11.8. The number of nitriles is 1. The second kappa shape index (κ2) is 10.9. The molecule has 190 valence electrons. The van der Waals surface area contributed by atoms with Crippen molar-refractivity contribution in [3.63, 3.8) is 0 Å². The number of likely N-dealkylation sites (tertiary alicyclic amines) is 1. The van der Waals surface area contributed by atoms with Crippen LogP contribution in [0.25, 0.3) is 0 Å². The summed E-state index contributed by atoms with van der Waals surface area (Å²) in [5.74, 6) is 0.600. The Kier molecular flexibility index (Phi) is 7.85. The summed E-state index contributed by atoms with van der Waals surface area (Å²) in [4.78, 5) is 32.8.